The third-order valence-corrected chi connectivity index (χ3v) is 2.03. The Balaban J connectivity index is 2.47. The number of nitrogens with zero attached hydrogens (tertiary/aromatic N) is 1. The smallest absolute Gasteiger partial charge is 0.335 e. The highest BCUT2D eigenvalue weighted by Crippen LogP contribution is 2.14. The monoisotopic (exact) mass is 273 g/mol. The Labute approximate surface area is 108 Å². The fraction of sp³-hybridized carbons (Fsp3) is 0.300. The molecule has 0 unspecified atom stereocenters. The number of hydrogen-bond donors (Lipinski definition) is 3. The number of carboxylic acids is 1. The second-order valence-electron chi connectivity index (χ2n) is 3.31. The molecule has 8 heteroatoms. The maximum Gasteiger partial charge on any atom is 0.335 e. The van der Waals surface area contributed by atoms with Gasteiger partial charge in [0.1, 0.15) is 17.6 Å². The number of nitrogens with one attached hydrogen (secondary N) is 1. The van der Waals surface area contributed by atoms with Gasteiger partial charge in [0.25, 0.3) is 0 Å². The van der Waals surface area contributed by atoms with Gasteiger partial charge in [-0.3, -0.25) is 4.79 Å². The SMILES string of the molecule is NC(=O)COCCNc1cc(C(=O)O)cc(Cl)n1. The molecule has 0 aliphatic heterocycles. The molecule has 0 spiro atoms. The topological polar surface area (TPSA) is 115 Å². The van der Waals surface area contributed by atoms with Gasteiger partial charge in [0.05, 0.1) is 12.2 Å². The minimum absolute atomic E-state index is 0.0376. The molecule has 0 aromatic carbocycles. The third-order valence-electron chi connectivity index (χ3n) is 1.84. The van der Waals surface area contributed by atoms with Crippen LogP contribution >= 0.6 is 11.6 Å². The number of carbonyl (C=O) groups excluding carboxylic acids is 1. The van der Waals surface area contributed by atoms with Gasteiger partial charge in [-0.2, -0.15) is 0 Å². The molecule has 1 rings (SSSR count). The molecule has 0 saturated heterocycles. The number of aromatic carboxylic acids is 1. The number of nitrogens with two attached hydrogens (primary N) is 1. The molecule has 1 aromatic heterocycles. The number of primary amides is 1. The number of anilines is 1. The van der Waals surface area contributed by atoms with E-state index in [-0.39, 0.29) is 23.9 Å². The first kappa shape index (κ1) is 14.2. The van der Waals surface area contributed by atoms with E-state index in [4.69, 9.17) is 27.2 Å². The van der Waals surface area contributed by atoms with Gasteiger partial charge in [-0.05, 0) is 12.1 Å². The van der Waals surface area contributed by atoms with E-state index < -0.39 is 11.9 Å². The Morgan fingerprint density at radius 2 is 2.22 bits per heavy atom. The van der Waals surface area contributed by atoms with Crippen LogP contribution in [-0.2, 0) is 9.53 Å². The number of amides is 1. The molecule has 98 valence electrons. The maximum absolute atomic E-state index is 10.8. The van der Waals surface area contributed by atoms with Gasteiger partial charge < -0.3 is 20.9 Å². The highest BCUT2D eigenvalue weighted by atomic mass is 35.5. The number of carbonyl (C=O) groups is 2. The van der Waals surface area contributed by atoms with Crippen molar-refractivity contribution in [2.75, 3.05) is 25.1 Å². The van der Waals surface area contributed by atoms with E-state index in [9.17, 15) is 9.59 Å². The fourth-order valence-corrected chi connectivity index (χ4v) is 1.34. The molecule has 1 heterocycles. The summed E-state index contributed by atoms with van der Waals surface area (Å²) in [6.45, 7) is 0.421. The van der Waals surface area contributed by atoms with Crippen LogP contribution in [0.25, 0.3) is 0 Å². The van der Waals surface area contributed by atoms with E-state index in [2.05, 4.69) is 10.3 Å². The molecular formula is C10H12ClN3O4. The van der Waals surface area contributed by atoms with Crippen molar-refractivity contribution < 1.29 is 19.4 Å². The Morgan fingerprint density at radius 3 is 2.83 bits per heavy atom. The molecule has 0 atom stereocenters. The lowest BCUT2D eigenvalue weighted by atomic mass is 10.2. The number of ether oxygens (including phenoxy) is 1. The van der Waals surface area contributed by atoms with E-state index in [0.29, 0.717) is 12.4 Å². The van der Waals surface area contributed by atoms with Crippen LogP contribution in [0, 0.1) is 0 Å². The summed E-state index contributed by atoms with van der Waals surface area (Å²) in [5.74, 6) is -1.32. The minimum Gasteiger partial charge on any atom is -0.478 e. The molecule has 0 fully saturated rings. The summed E-state index contributed by atoms with van der Waals surface area (Å²) in [5.41, 5.74) is 4.92. The van der Waals surface area contributed by atoms with E-state index in [0.717, 1.165) is 0 Å². The van der Waals surface area contributed by atoms with Gasteiger partial charge in [-0.1, -0.05) is 11.6 Å². The standard InChI is InChI=1S/C10H12ClN3O4/c11-7-3-6(10(16)17)4-9(14-7)13-1-2-18-5-8(12)15/h3-4H,1-2,5H2,(H2,12,15)(H,13,14)(H,16,17). The predicted molar refractivity (Wildman–Crippen MR) is 64.7 cm³/mol. The van der Waals surface area contributed by atoms with E-state index in [1.165, 1.54) is 12.1 Å². The van der Waals surface area contributed by atoms with E-state index in [1.54, 1.807) is 0 Å². The minimum atomic E-state index is -1.09. The number of hydrogen-bond acceptors (Lipinski definition) is 5. The highest BCUT2D eigenvalue weighted by Gasteiger charge is 2.07. The van der Waals surface area contributed by atoms with Crippen LogP contribution < -0.4 is 11.1 Å². The van der Waals surface area contributed by atoms with Crippen LogP contribution in [0.4, 0.5) is 5.82 Å². The molecule has 0 aliphatic rings. The van der Waals surface area contributed by atoms with Crippen molar-refractivity contribution in [1.29, 1.82) is 0 Å². The van der Waals surface area contributed by atoms with Crippen molar-refractivity contribution in [2.45, 2.75) is 0 Å². The summed E-state index contributed by atoms with van der Waals surface area (Å²) >= 11 is 5.67. The van der Waals surface area contributed by atoms with Crippen molar-refractivity contribution in [3.8, 4) is 0 Å². The second kappa shape index (κ2) is 6.77. The second-order valence-corrected chi connectivity index (χ2v) is 3.70. The lowest BCUT2D eigenvalue weighted by Gasteiger charge is -2.07. The zero-order chi connectivity index (χ0) is 13.5. The molecule has 4 N–H and O–H groups in total. The van der Waals surface area contributed by atoms with Crippen LogP contribution in [0.3, 0.4) is 0 Å². The largest absolute Gasteiger partial charge is 0.478 e. The predicted octanol–water partition coefficient (Wildman–Crippen LogP) is 0.347. The van der Waals surface area contributed by atoms with Crippen molar-refractivity contribution in [2.24, 2.45) is 5.73 Å². The van der Waals surface area contributed by atoms with Gasteiger partial charge in [-0.15, -0.1) is 0 Å². The first-order valence-electron chi connectivity index (χ1n) is 5.00. The van der Waals surface area contributed by atoms with E-state index in [1.807, 2.05) is 0 Å². The Hall–Kier alpha value is -1.86. The molecule has 18 heavy (non-hydrogen) atoms. The summed E-state index contributed by atoms with van der Waals surface area (Å²) in [7, 11) is 0. The average Bonchev–Trinajstić information content (AvgIpc) is 2.27. The van der Waals surface area contributed by atoms with Crippen LogP contribution in [0.15, 0.2) is 12.1 Å². The van der Waals surface area contributed by atoms with Crippen molar-refractivity contribution in [1.82, 2.24) is 4.98 Å². The van der Waals surface area contributed by atoms with Crippen molar-refractivity contribution in [3.05, 3.63) is 22.8 Å². The molecule has 0 radical (unpaired) electrons. The van der Waals surface area contributed by atoms with Crippen molar-refractivity contribution >= 4 is 29.3 Å². The van der Waals surface area contributed by atoms with Gasteiger partial charge in [0.15, 0.2) is 0 Å². The third kappa shape index (κ3) is 4.98. The number of pyridine rings is 1. The van der Waals surface area contributed by atoms with E-state index >= 15 is 0 Å². The average molecular weight is 274 g/mol. The molecule has 7 nitrogen and oxygen atoms in total. The number of carboxylic acid groups (broad SMARTS) is 1. The normalized spacial score (nSPS) is 10.1. The molecule has 0 aliphatic carbocycles. The first-order valence-corrected chi connectivity index (χ1v) is 5.37. The van der Waals surface area contributed by atoms with Gasteiger partial charge >= 0.3 is 5.97 Å². The van der Waals surface area contributed by atoms with Crippen LogP contribution in [0.2, 0.25) is 5.15 Å². The quantitative estimate of drug-likeness (QED) is 0.488. The van der Waals surface area contributed by atoms with Crippen LogP contribution in [0.1, 0.15) is 10.4 Å². The number of rotatable bonds is 7. The molecule has 1 aromatic rings. The zero-order valence-corrected chi connectivity index (χ0v) is 10.1. The molecule has 0 saturated carbocycles. The van der Waals surface area contributed by atoms with Gasteiger partial charge in [0, 0.05) is 6.54 Å². The van der Waals surface area contributed by atoms with Crippen LogP contribution in [-0.4, -0.2) is 41.7 Å². The lowest BCUT2D eigenvalue weighted by molar-refractivity contribution is -0.122. The summed E-state index contributed by atoms with van der Waals surface area (Å²) in [6, 6.07) is 2.60. The Bertz CT molecular complexity index is 453. The molecule has 1 amide bonds. The molecular weight excluding hydrogens is 262 g/mol. The fourth-order valence-electron chi connectivity index (χ4n) is 1.13. The first-order chi connectivity index (χ1) is 8.49. The highest BCUT2D eigenvalue weighted by molar-refractivity contribution is 6.29. The summed E-state index contributed by atoms with van der Waals surface area (Å²) < 4.78 is 4.91. The summed E-state index contributed by atoms with van der Waals surface area (Å²) in [4.78, 5) is 25.0. The number of halogens is 1. The summed E-state index contributed by atoms with van der Waals surface area (Å²) in [6.07, 6.45) is 0. The Morgan fingerprint density at radius 1 is 1.50 bits per heavy atom. The Kier molecular flexibility index (Phi) is 5.34. The van der Waals surface area contributed by atoms with Crippen molar-refractivity contribution in [3.63, 3.8) is 0 Å². The number of aromatic nitrogens is 1. The van der Waals surface area contributed by atoms with Crippen LogP contribution in [0.5, 0.6) is 0 Å². The lowest BCUT2D eigenvalue weighted by Crippen LogP contribution is -2.20. The van der Waals surface area contributed by atoms with Gasteiger partial charge in [0.2, 0.25) is 5.91 Å². The summed E-state index contributed by atoms with van der Waals surface area (Å²) in [5, 5.41) is 11.7. The maximum atomic E-state index is 10.8. The van der Waals surface area contributed by atoms with Gasteiger partial charge in [-0.25, -0.2) is 9.78 Å². The zero-order valence-electron chi connectivity index (χ0n) is 9.35. The molecule has 0 bridgehead atoms.